The van der Waals surface area contributed by atoms with Crippen LogP contribution in [0.2, 0.25) is 0 Å². The summed E-state index contributed by atoms with van der Waals surface area (Å²) >= 11 is 0. The maximum Gasteiger partial charge on any atom is 0.334 e. The van der Waals surface area contributed by atoms with Crippen molar-refractivity contribution in [3.8, 4) is 0 Å². The number of hydrogen-bond donors (Lipinski definition) is 3. The van der Waals surface area contributed by atoms with E-state index in [1.165, 1.54) is 0 Å². The van der Waals surface area contributed by atoms with Crippen LogP contribution in [-0.4, -0.2) is 34.2 Å². The smallest absolute Gasteiger partial charge is 0.334 e. The van der Waals surface area contributed by atoms with Gasteiger partial charge < -0.3 is 15.5 Å². The molecule has 0 heterocycles. The van der Waals surface area contributed by atoms with Gasteiger partial charge in [-0.05, 0) is 12.8 Å². The highest BCUT2D eigenvalue weighted by Crippen LogP contribution is 2.11. The van der Waals surface area contributed by atoms with Crippen molar-refractivity contribution in [1.82, 2.24) is 5.32 Å². The fraction of sp³-hybridized carbons (Fsp3) is 0.857. The Bertz CT molecular complexity index is 281. The predicted molar refractivity (Wildman–Crippen MR) is 73.8 cm³/mol. The van der Waals surface area contributed by atoms with E-state index >= 15 is 0 Å². The van der Waals surface area contributed by atoms with E-state index in [1.807, 2.05) is 20.8 Å². The first-order valence-corrected chi connectivity index (χ1v) is 7.15. The Balaban J connectivity index is 4.47. The first-order valence-electron chi connectivity index (χ1n) is 7.15. The van der Waals surface area contributed by atoms with E-state index in [1.54, 1.807) is 0 Å². The van der Waals surface area contributed by atoms with Crippen molar-refractivity contribution in [2.45, 2.75) is 71.4 Å². The van der Waals surface area contributed by atoms with Gasteiger partial charge in [-0.15, -0.1) is 0 Å². The monoisotopic (exact) mass is 273 g/mol. The Morgan fingerprint density at radius 2 is 1.74 bits per heavy atom. The van der Waals surface area contributed by atoms with Gasteiger partial charge in [0.2, 0.25) is 5.91 Å². The number of carbonyl (C=O) groups is 2. The highest BCUT2D eigenvalue weighted by molar-refractivity contribution is 5.80. The molecule has 0 aliphatic heterocycles. The molecule has 0 saturated carbocycles. The number of aliphatic hydroxyl groups is 1. The van der Waals surface area contributed by atoms with Crippen LogP contribution in [0.1, 0.15) is 59.3 Å². The van der Waals surface area contributed by atoms with Gasteiger partial charge in [0.05, 0.1) is 6.04 Å². The fourth-order valence-corrected chi connectivity index (χ4v) is 1.98. The van der Waals surface area contributed by atoms with Crippen molar-refractivity contribution < 1.29 is 19.8 Å². The van der Waals surface area contributed by atoms with Gasteiger partial charge in [-0.2, -0.15) is 0 Å². The second-order valence-corrected chi connectivity index (χ2v) is 5.08. The molecule has 0 fully saturated rings. The average Bonchev–Trinajstić information content (AvgIpc) is 2.36. The second kappa shape index (κ2) is 9.78. The Labute approximate surface area is 115 Å². The van der Waals surface area contributed by atoms with Gasteiger partial charge in [0.15, 0.2) is 6.10 Å². The predicted octanol–water partition coefficient (Wildman–Crippen LogP) is 1.93. The minimum atomic E-state index is -1.53. The molecule has 5 nitrogen and oxygen atoms in total. The molecule has 19 heavy (non-hydrogen) atoms. The first kappa shape index (κ1) is 17.9. The van der Waals surface area contributed by atoms with Crippen molar-refractivity contribution in [2.24, 2.45) is 5.92 Å². The SMILES string of the molecule is CCCCCC(NC(=O)C(C)CCC)C(O)C(=O)O. The van der Waals surface area contributed by atoms with Crippen LogP contribution in [0, 0.1) is 5.92 Å². The summed E-state index contributed by atoms with van der Waals surface area (Å²) < 4.78 is 0. The molecule has 0 aromatic heterocycles. The van der Waals surface area contributed by atoms with Crippen LogP contribution in [-0.2, 0) is 9.59 Å². The van der Waals surface area contributed by atoms with Crippen LogP contribution in [0.15, 0.2) is 0 Å². The zero-order chi connectivity index (χ0) is 14.8. The maximum absolute atomic E-state index is 11.9. The van der Waals surface area contributed by atoms with Gasteiger partial charge >= 0.3 is 5.97 Å². The zero-order valence-corrected chi connectivity index (χ0v) is 12.2. The van der Waals surface area contributed by atoms with Crippen molar-refractivity contribution in [2.75, 3.05) is 0 Å². The van der Waals surface area contributed by atoms with E-state index in [0.717, 1.165) is 32.1 Å². The van der Waals surface area contributed by atoms with Gasteiger partial charge in [-0.3, -0.25) is 4.79 Å². The normalized spacial score (nSPS) is 15.6. The number of aliphatic carboxylic acids is 1. The molecule has 0 aromatic carbocycles. The number of unbranched alkanes of at least 4 members (excludes halogenated alkanes) is 2. The summed E-state index contributed by atoms with van der Waals surface area (Å²) in [5.74, 6) is -1.62. The lowest BCUT2D eigenvalue weighted by Gasteiger charge is -2.23. The third kappa shape index (κ3) is 7.15. The van der Waals surface area contributed by atoms with Crippen molar-refractivity contribution in [3.63, 3.8) is 0 Å². The minimum Gasteiger partial charge on any atom is -0.479 e. The van der Waals surface area contributed by atoms with Crippen LogP contribution in [0.25, 0.3) is 0 Å². The Morgan fingerprint density at radius 1 is 1.11 bits per heavy atom. The first-order chi connectivity index (χ1) is 8.93. The number of carboxylic acids is 1. The number of rotatable bonds is 10. The molecule has 3 atom stereocenters. The van der Waals surface area contributed by atoms with Crippen LogP contribution in [0.4, 0.5) is 0 Å². The third-order valence-electron chi connectivity index (χ3n) is 3.25. The molecule has 5 heteroatoms. The molecule has 0 bridgehead atoms. The molecule has 0 saturated heterocycles. The number of carboxylic acid groups (broad SMARTS) is 1. The molecule has 3 N–H and O–H groups in total. The summed E-state index contributed by atoms with van der Waals surface area (Å²) in [7, 11) is 0. The van der Waals surface area contributed by atoms with Crippen LogP contribution in [0.3, 0.4) is 0 Å². The number of hydrogen-bond acceptors (Lipinski definition) is 3. The number of carbonyl (C=O) groups excluding carboxylic acids is 1. The van der Waals surface area contributed by atoms with E-state index < -0.39 is 18.1 Å². The van der Waals surface area contributed by atoms with Gasteiger partial charge in [-0.25, -0.2) is 4.79 Å². The van der Waals surface area contributed by atoms with Gasteiger partial charge in [0.1, 0.15) is 0 Å². The van der Waals surface area contributed by atoms with Gasteiger partial charge in [-0.1, -0.05) is 46.5 Å². The lowest BCUT2D eigenvalue weighted by Crippen LogP contribution is -2.48. The quantitative estimate of drug-likeness (QED) is 0.531. The van der Waals surface area contributed by atoms with Crippen molar-refractivity contribution in [1.29, 1.82) is 0 Å². The summed E-state index contributed by atoms with van der Waals surface area (Å²) in [4.78, 5) is 22.7. The zero-order valence-electron chi connectivity index (χ0n) is 12.2. The largest absolute Gasteiger partial charge is 0.479 e. The van der Waals surface area contributed by atoms with E-state index in [4.69, 9.17) is 5.11 Å². The summed E-state index contributed by atoms with van der Waals surface area (Å²) in [5, 5.41) is 21.2. The Morgan fingerprint density at radius 3 is 2.21 bits per heavy atom. The Hall–Kier alpha value is -1.10. The lowest BCUT2D eigenvalue weighted by molar-refractivity contribution is -0.148. The molecule has 0 aromatic rings. The van der Waals surface area contributed by atoms with Crippen LogP contribution < -0.4 is 5.32 Å². The highest BCUT2D eigenvalue weighted by atomic mass is 16.4. The van der Waals surface area contributed by atoms with Crippen LogP contribution in [0.5, 0.6) is 0 Å². The topological polar surface area (TPSA) is 86.6 Å². The van der Waals surface area contributed by atoms with E-state index in [-0.39, 0.29) is 11.8 Å². The third-order valence-corrected chi connectivity index (χ3v) is 3.25. The summed E-state index contributed by atoms with van der Waals surface area (Å²) in [6, 6.07) is -0.698. The number of aliphatic hydroxyl groups excluding tert-OH is 1. The van der Waals surface area contributed by atoms with E-state index in [2.05, 4.69) is 5.32 Å². The molecule has 1 amide bonds. The minimum absolute atomic E-state index is 0.153. The molecule has 0 aliphatic rings. The van der Waals surface area contributed by atoms with Crippen molar-refractivity contribution in [3.05, 3.63) is 0 Å². The molecular weight excluding hydrogens is 246 g/mol. The number of nitrogens with one attached hydrogen (secondary N) is 1. The standard InChI is InChI=1S/C14H27NO4/c1-4-6-7-9-11(12(16)14(18)19)15-13(17)10(3)8-5-2/h10-12,16H,4-9H2,1-3H3,(H,15,17)(H,18,19). The highest BCUT2D eigenvalue weighted by Gasteiger charge is 2.27. The molecule has 112 valence electrons. The lowest BCUT2D eigenvalue weighted by atomic mass is 10.0. The van der Waals surface area contributed by atoms with Crippen molar-refractivity contribution >= 4 is 11.9 Å². The summed E-state index contributed by atoms with van der Waals surface area (Å²) in [6.45, 7) is 5.86. The van der Waals surface area contributed by atoms with Gasteiger partial charge in [0, 0.05) is 5.92 Å². The molecule has 3 unspecified atom stereocenters. The maximum atomic E-state index is 11.9. The average molecular weight is 273 g/mol. The summed E-state index contributed by atoms with van der Waals surface area (Å²) in [6.07, 6.45) is 3.39. The molecular formula is C14H27NO4. The number of amides is 1. The molecule has 0 spiro atoms. The van der Waals surface area contributed by atoms with E-state index in [0.29, 0.717) is 6.42 Å². The second-order valence-electron chi connectivity index (χ2n) is 5.08. The molecule has 0 aliphatic carbocycles. The van der Waals surface area contributed by atoms with Crippen LogP contribution >= 0.6 is 0 Å². The van der Waals surface area contributed by atoms with Gasteiger partial charge in [0.25, 0.3) is 0 Å². The Kier molecular flexibility index (Phi) is 9.21. The summed E-state index contributed by atoms with van der Waals surface area (Å²) in [5.41, 5.74) is 0. The van der Waals surface area contributed by atoms with E-state index in [9.17, 15) is 14.7 Å². The fourth-order valence-electron chi connectivity index (χ4n) is 1.98. The molecule has 0 rings (SSSR count). The molecule has 0 radical (unpaired) electrons.